The van der Waals surface area contributed by atoms with Gasteiger partial charge in [0.15, 0.2) is 0 Å². The SMILES string of the molecule is Cn1cc(COC2CC(CN)C2)nn1. The van der Waals surface area contributed by atoms with Crippen molar-refractivity contribution in [2.45, 2.75) is 25.6 Å². The molecule has 0 saturated heterocycles. The van der Waals surface area contributed by atoms with E-state index in [1.807, 2.05) is 13.2 Å². The third-order valence-corrected chi connectivity index (χ3v) is 2.64. The molecule has 0 bridgehead atoms. The molecule has 2 rings (SSSR count). The van der Waals surface area contributed by atoms with Crippen molar-refractivity contribution in [1.29, 1.82) is 0 Å². The molecule has 14 heavy (non-hydrogen) atoms. The summed E-state index contributed by atoms with van der Waals surface area (Å²) < 4.78 is 7.32. The number of ether oxygens (including phenoxy) is 1. The Morgan fingerprint density at radius 3 is 3.00 bits per heavy atom. The molecule has 1 aliphatic rings. The fourth-order valence-electron chi connectivity index (χ4n) is 1.67. The molecule has 1 fully saturated rings. The highest BCUT2D eigenvalue weighted by molar-refractivity contribution is 4.90. The average Bonchev–Trinajstić information content (AvgIpc) is 2.49. The van der Waals surface area contributed by atoms with Crippen molar-refractivity contribution in [1.82, 2.24) is 15.0 Å². The Morgan fingerprint density at radius 1 is 1.64 bits per heavy atom. The summed E-state index contributed by atoms with van der Waals surface area (Å²) in [7, 11) is 1.85. The number of hydrogen-bond acceptors (Lipinski definition) is 4. The molecule has 1 saturated carbocycles. The van der Waals surface area contributed by atoms with Crippen molar-refractivity contribution in [3.63, 3.8) is 0 Å². The van der Waals surface area contributed by atoms with E-state index in [2.05, 4.69) is 10.3 Å². The standard InChI is InChI=1S/C9H16N4O/c1-13-5-8(11-12-13)6-14-9-2-7(3-9)4-10/h5,7,9H,2-4,6,10H2,1H3. The van der Waals surface area contributed by atoms with Gasteiger partial charge in [-0.25, -0.2) is 0 Å². The molecule has 78 valence electrons. The molecule has 1 aromatic rings. The number of aromatic nitrogens is 3. The van der Waals surface area contributed by atoms with Crippen LogP contribution in [0.15, 0.2) is 6.20 Å². The maximum atomic E-state index is 5.64. The van der Waals surface area contributed by atoms with Gasteiger partial charge in [-0.1, -0.05) is 5.21 Å². The van der Waals surface area contributed by atoms with Crippen LogP contribution in [0.4, 0.5) is 0 Å². The van der Waals surface area contributed by atoms with Crippen LogP contribution in [0.5, 0.6) is 0 Å². The first kappa shape index (κ1) is 9.61. The Kier molecular flexibility index (Phi) is 2.79. The lowest BCUT2D eigenvalue weighted by molar-refractivity contribution is -0.0387. The molecule has 0 unspecified atom stereocenters. The Balaban J connectivity index is 1.69. The van der Waals surface area contributed by atoms with Crippen molar-refractivity contribution in [3.05, 3.63) is 11.9 Å². The first-order chi connectivity index (χ1) is 6.78. The van der Waals surface area contributed by atoms with Crippen LogP contribution in [-0.4, -0.2) is 27.6 Å². The second-order valence-electron chi connectivity index (χ2n) is 3.89. The number of aryl methyl sites for hydroxylation is 1. The second kappa shape index (κ2) is 4.06. The van der Waals surface area contributed by atoms with Crippen molar-refractivity contribution < 1.29 is 4.74 Å². The van der Waals surface area contributed by atoms with E-state index in [9.17, 15) is 0 Å². The van der Waals surface area contributed by atoms with Gasteiger partial charge in [0.05, 0.1) is 18.9 Å². The Bertz CT molecular complexity index is 293. The molecule has 5 heteroatoms. The highest BCUT2D eigenvalue weighted by Crippen LogP contribution is 2.29. The molecular formula is C9H16N4O. The number of nitrogens with two attached hydrogens (primary N) is 1. The maximum absolute atomic E-state index is 5.64. The van der Waals surface area contributed by atoms with Gasteiger partial charge in [-0.3, -0.25) is 4.68 Å². The van der Waals surface area contributed by atoms with Crippen LogP contribution in [0.2, 0.25) is 0 Å². The minimum absolute atomic E-state index is 0.380. The molecular weight excluding hydrogens is 180 g/mol. The second-order valence-corrected chi connectivity index (χ2v) is 3.89. The lowest BCUT2D eigenvalue weighted by atomic mass is 9.82. The summed E-state index contributed by atoms with van der Waals surface area (Å²) in [5, 5.41) is 7.78. The maximum Gasteiger partial charge on any atom is 0.108 e. The van der Waals surface area contributed by atoms with Crippen molar-refractivity contribution >= 4 is 0 Å². The predicted octanol–water partition coefficient (Wildman–Crippen LogP) is 0.0690. The highest BCUT2D eigenvalue weighted by Gasteiger charge is 2.28. The summed E-state index contributed by atoms with van der Waals surface area (Å²) >= 11 is 0. The molecule has 0 amide bonds. The lowest BCUT2D eigenvalue weighted by Gasteiger charge is -2.33. The van der Waals surface area contributed by atoms with E-state index in [-0.39, 0.29) is 0 Å². The van der Waals surface area contributed by atoms with E-state index in [0.717, 1.165) is 25.1 Å². The smallest absolute Gasteiger partial charge is 0.108 e. The van der Waals surface area contributed by atoms with Crippen molar-refractivity contribution in [2.24, 2.45) is 18.7 Å². The zero-order chi connectivity index (χ0) is 9.97. The molecule has 5 nitrogen and oxygen atoms in total. The molecule has 0 spiro atoms. The quantitative estimate of drug-likeness (QED) is 0.740. The summed E-state index contributed by atoms with van der Waals surface area (Å²) in [5.74, 6) is 0.668. The zero-order valence-electron chi connectivity index (χ0n) is 8.39. The largest absolute Gasteiger partial charge is 0.372 e. The van der Waals surface area contributed by atoms with Gasteiger partial charge in [-0.05, 0) is 25.3 Å². The van der Waals surface area contributed by atoms with Crippen LogP contribution < -0.4 is 5.73 Å². The van der Waals surface area contributed by atoms with Crippen molar-refractivity contribution in [2.75, 3.05) is 6.54 Å². The highest BCUT2D eigenvalue weighted by atomic mass is 16.5. The normalized spacial score (nSPS) is 26.1. The molecule has 0 atom stereocenters. The first-order valence-electron chi connectivity index (χ1n) is 4.95. The summed E-state index contributed by atoms with van der Waals surface area (Å²) in [6, 6.07) is 0. The minimum atomic E-state index is 0.380. The van der Waals surface area contributed by atoms with Crippen LogP contribution in [0.1, 0.15) is 18.5 Å². The van der Waals surface area contributed by atoms with E-state index in [0.29, 0.717) is 18.6 Å². The molecule has 0 radical (unpaired) electrons. The van der Waals surface area contributed by atoms with Gasteiger partial charge in [0.1, 0.15) is 5.69 Å². The van der Waals surface area contributed by atoms with Crippen LogP contribution in [-0.2, 0) is 18.4 Å². The zero-order valence-corrected chi connectivity index (χ0v) is 8.39. The van der Waals surface area contributed by atoms with E-state index >= 15 is 0 Å². The van der Waals surface area contributed by atoms with Gasteiger partial charge in [-0.15, -0.1) is 5.10 Å². The van der Waals surface area contributed by atoms with E-state index in [1.54, 1.807) is 4.68 Å². The Hall–Kier alpha value is -0.940. The summed E-state index contributed by atoms with van der Waals surface area (Å²) in [5.41, 5.74) is 6.42. The fraction of sp³-hybridized carbons (Fsp3) is 0.778. The average molecular weight is 196 g/mol. The van der Waals surface area contributed by atoms with Crippen molar-refractivity contribution in [3.8, 4) is 0 Å². The van der Waals surface area contributed by atoms with Gasteiger partial charge in [0.2, 0.25) is 0 Å². The first-order valence-corrected chi connectivity index (χ1v) is 4.95. The van der Waals surface area contributed by atoms with Gasteiger partial charge >= 0.3 is 0 Å². The molecule has 0 aromatic carbocycles. The van der Waals surface area contributed by atoms with Crippen LogP contribution in [0.3, 0.4) is 0 Å². The lowest BCUT2D eigenvalue weighted by Crippen LogP contribution is -2.35. The van der Waals surface area contributed by atoms with E-state index < -0.39 is 0 Å². The molecule has 1 aromatic heterocycles. The van der Waals surface area contributed by atoms with E-state index in [1.165, 1.54) is 0 Å². The van der Waals surface area contributed by atoms with Crippen LogP contribution in [0, 0.1) is 5.92 Å². The fourth-order valence-corrected chi connectivity index (χ4v) is 1.67. The topological polar surface area (TPSA) is 66.0 Å². The summed E-state index contributed by atoms with van der Waals surface area (Å²) in [6.45, 7) is 1.35. The minimum Gasteiger partial charge on any atom is -0.372 e. The molecule has 2 N–H and O–H groups in total. The third kappa shape index (κ3) is 2.10. The number of nitrogens with zero attached hydrogens (tertiary/aromatic N) is 3. The van der Waals surface area contributed by atoms with E-state index in [4.69, 9.17) is 10.5 Å². The van der Waals surface area contributed by atoms with Gasteiger partial charge in [0.25, 0.3) is 0 Å². The van der Waals surface area contributed by atoms with Crippen LogP contribution in [0.25, 0.3) is 0 Å². The van der Waals surface area contributed by atoms with Gasteiger partial charge < -0.3 is 10.5 Å². The molecule has 1 aliphatic carbocycles. The third-order valence-electron chi connectivity index (χ3n) is 2.64. The Labute approximate surface area is 83.2 Å². The molecule has 1 heterocycles. The van der Waals surface area contributed by atoms with Gasteiger partial charge in [-0.2, -0.15) is 0 Å². The van der Waals surface area contributed by atoms with Crippen LogP contribution >= 0.6 is 0 Å². The molecule has 0 aliphatic heterocycles. The monoisotopic (exact) mass is 196 g/mol. The summed E-state index contributed by atoms with van der Waals surface area (Å²) in [6.07, 6.45) is 4.44. The predicted molar refractivity (Wildman–Crippen MR) is 51.4 cm³/mol. The number of rotatable bonds is 4. The number of hydrogen-bond donors (Lipinski definition) is 1. The Morgan fingerprint density at radius 2 is 2.43 bits per heavy atom. The van der Waals surface area contributed by atoms with Gasteiger partial charge in [0, 0.05) is 7.05 Å². The summed E-state index contributed by atoms with van der Waals surface area (Å²) in [4.78, 5) is 0.